The molecule has 0 atom stereocenters. The van der Waals surface area contributed by atoms with Crippen LogP contribution in [0.5, 0.6) is 0 Å². The average molecular weight is 248 g/mol. The summed E-state index contributed by atoms with van der Waals surface area (Å²) in [6.07, 6.45) is 0. The normalized spacial score (nSPS) is 11.1. The molecule has 98 valence electrons. The van der Waals surface area contributed by atoms with Crippen molar-refractivity contribution in [3.63, 3.8) is 0 Å². The van der Waals surface area contributed by atoms with Crippen LogP contribution in [0.4, 0.5) is 10.1 Å². The number of anilines is 1. The van der Waals surface area contributed by atoms with E-state index in [1.807, 2.05) is 6.07 Å². The highest BCUT2D eigenvalue weighted by atomic mass is 19.1. The molecule has 0 aliphatic heterocycles. The highest BCUT2D eigenvalue weighted by molar-refractivity contribution is 5.57. The molecule has 0 fully saturated rings. The number of hydrogen-bond donors (Lipinski definition) is 1. The Morgan fingerprint density at radius 1 is 1.22 bits per heavy atom. The van der Waals surface area contributed by atoms with Crippen molar-refractivity contribution in [2.45, 2.75) is 27.7 Å². The van der Waals surface area contributed by atoms with Crippen LogP contribution >= 0.6 is 0 Å². The molecule has 1 rings (SSSR count). The Balaban J connectivity index is 2.77. The molecule has 0 bridgehead atoms. The summed E-state index contributed by atoms with van der Waals surface area (Å²) in [5.41, 5.74) is 1.08. The standard InChI is InChI=1S/C15H21FN2/c1-10(2)14(11(3)4)9-18-15-6-5-13(16)7-12(15)8-17/h5-7,10-11,14,18H,9H2,1-4H3. The van der Waals surface area contributed by atoms with Crippen LogP contribution in [-0.2, 0) is 0 Å². The quantitative estimate of drug-likeness (QED) is 0.853. The van der Waals surface area contributed by atoms with Crippen molar-refractivity contribution in [2.75, 3.05) is 11.9 Å². The summed E-state index contributed by atoms with van der Waals surface area (Å²) in [5.74, 6) is 1.30. The van der Waals surface area contributed by atoms with E-state index in [1.165, 1.54) is 12.1 Å². The van der Waals surface area contributed by atoms with E-state index in [1.54, 1.807) is 6.07 Å². The van der Waals surface area contributed by atoms with Gasteiger partial charge in [0.15, 0.2) is 0 Å². The Morgan fingerprint density at radius 2 is 1.83 bits per heavy atom. The molecule has 18 heavy (non-hydrogen) atoms. The fraction of sp³-hybridized carbons (Fsp3) is 0.533. The minimum absolute atomic E-state index is 0.362. The van der Waals surface area contributed by atoms with Crippen LogP contribution in [0.15, 0.2) is 18.2 Å². The smallest absolute Gasteiger partial charge is 0.124 e. The summed E-state index contributed by atoms with van der Waals surface area (Å²) in [6.45, 7) is 9.59. The first kappa shape index (κ1) is 14.5. The van der Waals surface area contributed by atoms with Gasteiger partial charge >= 0.3 is 0 Å². The van der Waals surface area contributed by atoms with Crippen LogP contribution in [0.25, 0.3) is 0 Å². The molecule has 0 heterocycles. The predicted molar refractivity (Wildman–Crippen MR) is 72.8 cm³/mol. The molecule has 0 aliphatic rings. The summed E-state index contributed by atoms with van der Waals surface area (Å²) in [6, 6.07) is 6.29. The van der Waals surface area contributed by atoms with E-state index < -0.39 is 0 Å². The van der Waals surface area contributed by atoms with Crippen LogP contribution in [0, 0.1) is 34.9 Å². The lowest BCUT2D eigenvalue weighted by Crippen LogP contribution is -2.24. The van der Waals surface area contributed by atoms with Gasteiger partial charge < -0.3 is 5.32 Å². The van der Waals surface area contributed by atoms with E-state index in [0.29, 0.717) is 29.0 Å². The van der Waals surface area contributed by atoms with Gasteiger partial charge in [-0.3, -0.25) is 0 Å². The van der Waals surface area contributed by atoms with Gasteiger partial charge in [-0.25, -0.2) is 4.39 Å². The fourth-order valence-corrected chi connectivity index (χ4v) is 2.23. The third-order valence-electron chi connectivity index (χ3n) is 3.34. The average Bonchev–Trinajstić information content (AvgIpc) is 2.30. The van der Waals surface area contributed by atoms with E-state index in [9.17, 15) is 4.39 Å². The molecule has 0 saturated carbocycles. The first-order valence-corrected chi connectivity index (χ1v) is 6.39. The van der Waals surface area contributed by atoms with Crippen molar-refractivity contribution in [2.24, 2.45) is 17.8 Å². The summed E-state index contributed by atoms with van der Waals surface area (Å²) in [5, 5.41) is 12.2. The Hall–Kier alpha value is -1.56. The maximum absolute atomic E-state index is 13.0. The molecule has 1 aromatic carbocycles. The highest BCUT2D eigenvalue weighted by Gasteiger charge is 2.17. The van der Waals surface area contributed by atoms with Gasteiger partial charge in [-0.1, -0.05) is 27.7 Å². The Morgan fingerprint density at radius 3 is 2.33 bits per heavy atom. The lowest BCUT2D eigenvalue weighted by Gasteiger charge is -2.25. The van der Waals surface area contributed by atoms with Gasteiger partial charge in [0.2, 0.25) is 0 Å². The molecule has 0 aliphatic carbocycles. The maximum atomic E-state index is 13.0. The first-order chi connectivity index (χ1) is 8.45. The topological polar surface area (TPSA) is 35.8 Å². The van der Waals surface area contributed by atoms with E-state index >= 15 is 0 Å². The first-order valence-electron chi connectivity index (χ1n) is 6.39. The molecule has 0 unspecified atom stereocenters. The number of halogens is 1. The number of hydrogen-bond acceptors (Lipinski definition) is 2. The third-order valence-corrected chi connectivity index (χ3v) is 3.34. The summed E-state index contributed by atoms with van der Waals surface area (Å²) in [7, 11) is 0. The monoisotopic (exact) mass is 248 g/mol. The Labute approximate surface area is 109 Å². The van der Waals surface area contributed by atoms with Crippen LogP contribution in [0.1, 0.15) is 33.3 Å². The zero-order valence-corrected chi connectivity index (χ0v) is 11.5. The van der Waals surface area contributed by atoms with Crippen molar-refractivity contribution < 1.29 is 4.39 Å². The van der Waals surface area contributed by atoms with Crippen molar-refractivity contribution in [3.05, 3.63) is 29.6 Å². The molecule has 1 N–H and O–H groups in total. The van der Waals surface area contributed by atoms with Gasteiger partial charge in [0, 0.05) is 6.54 Å². The molecular formula is C15H21FN2. The number of benzene rings is 1. The second kappa shape index (κ2) is 6.39. The molecule has 0 saturated heterocycles. The second-order valence-corrected chi connectivity index (χ2v) is 5.33. The highest BCUT2D eigenvalue weighted by Crippen LogP contribution is 2.22. The number of rotatable bonds is 5. The zero-order chi connectivity index (χ0) is 13.7. The molecule has 3 heteroatoms. The van der Waals surface area contributed by atoms with Gasteiger partial charge in [0.05, 0.1) is 11.3 Å². The predicted octanol–water partition coefficient (Wildman–Crippen LogP) is 4.04. The molecule has 1 aromatic rings. The van der Waals surface area contributed by atoms with Gasteiger partial charge in [0.25, 0.3) is 0 Å². The number of nitrogens with one attached hydrogen (secondary N) is 1. The van der Waals surface area contributed by atoms with Crippen molar-refractivity contribution >= 4 is 5.69 Å². The van der Waals surface area contributed by atoms with Gasteiger partial charge in [-0.2, -0.15) is 5.26 Å². The van der Waals surface area contributed by atoms with Crippen molar-refractivity contribution in [3.8, 4) is 6.07 Å². The largest absolute Gasteiger partial charge is 0.384 e. The second-order valence-electron chi connectivity index (χ2n) is 5.33. The lowest BCUT2D eigenvalue weighted by atomic mass is 9.85. The van der Waals surface area contributed by atoms with Crippen LogP contribution in [0.2, 0.25) is 0 Å². The fourth-order valence-electron chi connectivity index (χ4n) is 2.23. The van der Waals surface area contributed by atoms with Crippen LogP contribution in [0.3, 0.4) is 0 Å². The van der Waals surface area contributed by atoms with Crippen molar-refractivity contribution in [1.82, 2.24) is 0 Å². The van der Waals surface area contributed by atoms with Crippen molar-refractivity contribution in [1.29, 1.82) is 5.26 Å². The zero-order valence-electron chi connectivity index (χ0n) is 11.5. The minimum atomic E-state index is -0.374. The SMILES string of the molecule is CC(C)C(CNc1ccc(F)cc1C#N)C(C)C. The van der Waals surface area contributed by atoms with E-state index in [-0.39, 0.29) is 5.82 Å². The molecule has 2 nitrogen and oxygen atoms in total. The minimum Gasteiger partial charge on any atom is -0.384 e. The molecule has 0 aromatic heterocycles. The number of nitriles is 1. The molecule has 0 amide bonds. The van der Waals surface area contributed by atoms with E-state index in [2.05, 4.69) is 33.0 Å². The van der Waals surface area contributed by atoms with Gasteiger partial charge in [0.1, 0.15) is 11.9 Å². The third kappa shape index (κ3) is 3.73. The number of nitrogens with zero attached hydrogens (tertiary/aromatic N) is 1. The van der Waals surface area contributed by atoms with E-state index in [0.717, 1.165) is 6.54 Å². The summed E-state index contributed by atoms with van der Waals surface area (Å²) < 4.78 is 13.0. The molecule has 0 radical (unpaired) electrons. The molecular weight excluding hydrogens is 227 g/mol. The Bertz CT molecular complexity index is 425. The summed E-state index contributed by atoms with van der Waals surface area (Å²) in [4.78, 5) is 0. The molecule has 0 spiro atoms. The van der Waals surface area contributed by atoms with Crippen LogP contribution in [-0.4, -0.2) is 6.54 Å². The van der Waals surface area contributed by atoms with Gasteiger partial charge in [-0.15, -0.1) is 0 Å². The summed E-state index contributed by atoms with van der Waals surface area (Å²) >= 11 is 0. The van der Waals surface area contributed by atoms with Crippen LogP contribution < -0.4 is 5.32 Å². The maximum Gasteiger partial charge on any atom is 0.124 e. The van der Waals surface area contributed by atoms with Gasteiger partial charge in [-0.05, 0) is 36.0 Å². The van der Waals surface area contributed by atoms with E-state index in [4.69, 9.17) is 5.26 Å². The lowest BCUT2D eigenvalue weighted by molar-refractivity contribution is 0.304. The Kier molecular flexibility index (Phi) is 5.15.